The first-order chi connectivity index (χ1) is 7.45. The Balaban J connectivity index is -0.000000106. The molecular formula is C13H22O3Ru. The predicted molar refractivity (Wildman–Crippen MR) is 66.1 cm³/mol. The van der Waals surface area contributed by atoms with Crippen LogP contribution in [-0.2, 0) is 29.1 Å². The van der Waals surface area contributed by atoms with Crippen molar-refractivity contribution in [3.8, 4) is 0 Å². The van der Waals surface area contributed by atoms with Crippen molar-refractivity contribution in [1.29, 1.82) is 0 Å². The molecule has 3 nitrogen and oxygen atoms in total. The molecule has 0 heterocycles. The average Bonchev–Trinajstić information content (AvgIpc) is 2.50. The summed E-state index contributed by atoms with van der Waals surface area (Å²) in [7, 11) is 2.25. The van der Waals surface area contributed by atoms with Gasteiger partial charge in [0, 0.05) is 0 Å². The van der Waals surface area contributed by atoms with Gasteiger partial charge in [-0.15, -0.1) is 6.92 Å². The van der Waals surface area contributed by atoms with Crippen LogP contribution in [0.4, 0.5) is 0 Å². The van der Waals surface area contributed by atoms with Crippen molar-refractivity contribution in [2.45, 2.75) is 34.6 Å². The Morgan fingerprint density at radius 2 is 1.35 bits per heavy atom. The van der Waals surface area contributed by atoms with E-state index in [-0.39, 0.29) is 24.9 Å². The second kappa shape index (κ2) is 13.5. The summed E-state index contributed by atoms with van der Waals surface area (Å²) < 4.78 is 0. The summed E-state index contributed by atoms with van der Waals surface area (Å²) in [6, 6.07) is 0. The van der Waals surface area contributed by atoms with Crippen molar-refractivity contribution in [3.05, 3.63) is 29.9 Å². The van der Waals surface area contributed by atoms with Gasteiger partial charge in [-0.2, -0.15) is 11.1 Å². The van der Waals surface area contributed by atoms with E-state index in [2.05, 4.69) is 47.8 Å². The zero-order valence-electron chi connectivity index (χ0n) is 11.2. The molecule has 0 unspecified atom stereocenters. The minimum absolute atomic E-state index is 0. The van der Waals surface area contributed by atoms with Gasteiger partial charge in [-0.1, -0.05) is 33.1 Å². The van der Waals surface area contributed by atoms with Gasteiger partial charge in [-0.05, 0) is 0 Å². The maximum Gasteiger partial charge on any atom is 2.00 e. The third kappa shape index (κ3) is 8.17. The SMILES string of the molecule is C=O.C=O.CC1=[C-]C(C)(C)C(C)=C1C.[CH2-]O.[Ru+2]. The molecule has 0 aromatic rings. The van der Waals surface area contributed by atoms with Gasteiger partial charge in [-0.3, -0.25) is 6.08 Å². The standard InChI is InChI=1S/C10H15.CH3O.2CH2O.Ru/c1-7-6-10(4,5)9(3)8(7)2;3*1-2;/h1-5H3;2H,1H2;2*1H2;/q2*-1;;;+2. The number of rotatable bonds is 0. The van der Waals surface area contributed by atoms with E-state index < -0.39 is 0 Å². The molecule has 1 N–H and O–H groups in total. The van der Waals surface area contributed by atoms with E-state index in [1.165, 1.54) is 16.7 Å². The molecule has 4 heteroatoms. The molecule has 0 aromatic heterocycles. The van der Waals surface area contributed by atoms with Crippen molar-refractivity contribution in [2.75, 3.05) is 0 Å². The third-order valence-corrected chi connectivity index (χ3v) is 2.56. The molecule has 0 spiro atoms. The summed E-state index contributed by atoms with van der Waals surface area (Å²) in [5.74, 6) is 0. The van der Waals surface area contributed by atoms with Crippen LogP contribution in [0.15, 0.2) is 16.7 Å². The van der Waals surface area contributed by atoms with Crippen LogP contribution in [0.2, 0.25) is 0 Å². The molecular weight excluding hydrogens is 305 g/mol. The van der Waals surface area contributed by atoms with Gasteiger partial charge < -0.3 is 14.7 Å². The van der Waals surface area contributed by atoms with E-state index in [4.69, 9.17) is 14.7 Å². The Kier molecular flexibility index (Phi) is 20.0. The zero-order chi connectivity index (χ0) is 13.9. The quantitative estimate of drug-likeness (QED) is 0.550. The molecule has 1 rings (SSSR count). The van der Waals surface area contributed by atoms with Crippen LogP contribution in [-0.4, -0.2) is 18.7 Å². The van der Waals surface area contributed by atoms with Gasteiger partial charge in [0.25, 0.3) is 0 Å². The van der Waals surface area contributed by atoms with Gasteiger partial charge in [0.2, 0.25) is 0 Å². The number of allylic oxidation sites excluding steroid dienone is 4. The summed E-state index contributed by atoms with van der Waals surface area (Å²) in [5, 5.41) is 6.75. The second-order valence-electron chi connectivity index (χ2n) is 3.62. The predicted octanol–water partition coefficient (Wildman–Crippen LogP) is 2.89. The molecule has 0 saturated heterocycles. The first-order valence-electron chi connectivity index (χ1n) is 4.64. The molecule has 0 amide bonds. The van der Waals surface area contributed by atoms with Crippen molar-refractivity contribution in [2.24, 2.45) is 5.41 Å². The Bertz CT molecular complexity index is 253. The van der Waals surface area contributed by atoms with Gasteiger partial charge in [-0.25, -0.2) is 12.7 Å². The van der Waals surface area contributed by atoms with E-state index in [0.717, 1.165) is 0 Å². The smallest absolute Gasteiger partial charge is 0.569 e. The summed E-state index contributed by atoms with van der Waals surface area (Å²) in [6.45, 7) is 14.9. The number of carbonyl (C=O) groups excluding carboxylic acids is 2. The zero-order valence-corrected chi connectivity index (χ0v) is 13.0. The van der Waals surface area contributed by atoms with Crippen molar-refractivity contribution in [3.63, 3.8) is 0 Å². The van der Waals surface area contributed by atoms with E-state index in [1.54, 1.807) is 0 Å². The van der Waals surface area contributed by atoms with Gasteiger partial charge >= 0.3 is 19.5 Å². The molecule has 0 fully saturated rings. The maximum absolute atomic E-state index is 8.00. The fourth-order valence-corrected chi connectivity index (χ4v) is 1.41. The first-order valence-corrected chi connectivity index (χ1v) is 4.64. The van der Waals surface area contributed by atoms with Crippen LogP contribution >= 0.6 is 0 Å². The Morgan fingerprint density at radius 1 is 1.06 bits per heavy atom. The summed E-state index contributed by atoms with van der Waals surface area (Å²) in [6.07, 6.45) is 3.44. The van der Waals surface area contributed by atoms with Crippen LogP contribution < -0.4 is 0 Å². The van der Waals surface area contributed by atoms with E-state index >= 15 is 0 Å². The molecule has 100 valence electrons. The number of hydrogen-bond acceptors (Lipinski definition) is 3. The van der Waals surface area contributed by atoms with Crippen molar-refractivity contribution in [1.82, 2.24) is 0 Å². The Hall–Kier alpha value is -0.597. The van der Waals surface area contributed by atoms with Crippen LogP contribution in [0.5, 0.6) is 0 Å². The fraction of sp³-hybridized carbons (Fsp3) is 0.462. The van der Waals surface area contributed by atoms with Crippen LogP contribution in [0, 0.1) is 18.6 Å². The summed E-state index contributed by atoms with van der Waals surface area (Å²) in [4.78, 5) is 16.0. The second-order valence-corrected chi connectivity index (χ2v) is 3.62. The molecule has 0 aromatic carbocycles. The normalized spacial score (nSPS) is 14.6. The number of hydrogen-bond donors (Lipinski definition) is 1. The van der Waals surface area contributed by atoms with E-state index in [0.29, 0.717) is 0 Å². The first kappa shape index (κ1) is 25.3. The summed E-state index contributed by atoms with van der Waals surface area (Å²) in [5.41, 5.74) is 4.39. The number of carbonyl (C=O) groups is 2. The average molecular weight is 327 g/mol. The van der Waals surface area contributed by atoms with Crippen LogP contribution in [0.3, 0.4) is 0 Å². The number of aliphatic hydroxyl groups is 1. The number of aliphatic hydroxyl groups excluding tert-OH is 1. The van der Waals surface area contributed by atoms with Crippen LogP contribution in [0.25, 0.3) is 0 Å². The minimum atomic E-state index is 0. The van der Waals surface area contributed by atoms with Gasteiger partial charge in [0.05, 0.1) is 0 Å². The molecule has 17 heavy (non-hydrogen) atoms. The maximum atomic E-state index is 8.00. The molecule has 1 aliphatic carbocycles. The molecule has 0 radical (unpaired) electrons. The van der Waals surface area contributed by atoms with E-state index in [1.807, 2.05) is 13.6 Å². The monoisotopic (exact) mass is 328 g/mol. The van der Waals surface area contributed by atoms with Gasteiger partial charge in [0.15, 0.2) is 0 Å². The fourth-order valence-electron chi connectivity index (χ4n) is 1.41. The molecule has 0 bridgehead atoms. The van der Waals surface area contributed by atoms with E-state index in [9.17, 15) is 0 Å². The van der Waals surface area contributed by atoms with Crippen LogP contribution in [0.1, 0.15) is 34.6 Å². The topological polar surface area (TPSA) is 54.4 Å². The molecule has 0 saturated carbocycles. The summed E-state index contributed by atoms with van der Waals surface area (Å²) >= 11 is 0. The van der Waals surface area contributed by atoms with Crippen molar-refractivity contribution < 1.29 is 34.2 Å². The largest absolute Gasteiger partial charge is 2.00 e. The Labute approximate surface area is 118 Å². The molecule has 0 atom stereocenters. The van der Waals surface area contributed by atoms with Crippen molar-refractivity contribution >= 4 is 13.6 Å². The molecule has 1 aliphatic rings. The Morgan fingerprint density at radius 3 is 1.41 bits per heavy atom. The minimum Gasteiger partial charge on any atom is -0.569 e. The molecule has 0 aliphatic heterocycles. The third-order valence-electron chi connectivity index (χ3n) is 2.56. The van der Waals surface area contributed by atoms with Gasteiger partial charge in [0.1, 0.15) is 13.6 Å².